The maximum atomic E-state index is 12.9. The topological polar surface area (TPSA) is 29.5 Å². The quantitative estimate of drug-likeness (QED) is 0.776. The normalized spacial score (nSPS) is 15.4. The Morgan fingerprint density at radius 2 is 1.89 bits per heavy atom. The molecule has 0 bridgehead atoms. The van der Waals surface area contributed by atoms with Crippen LogP contribution in [0.1, 0.15) is 26.3 Å². The summed E-state index contributed by atoms with van der Waals surface area (Å²) in [5.41, 5.74) is 1.47. The van der Waals surface area contributed by atoms with Crippen LogP contribution >= 0.6 is 0 Å². The van der Waals surface area contributed by atoms with Crippen LogP contribution < -0.4 is 0 Å². The molecule has 1 aromatic rings. The summed E-state index contributed by atoms with van der Waals surface area (Å²) >= 11 is 0. The van der Waals surface area contributed by atoms with Gasteiger partial charge in [-0.2, -0.15) is 0 Å². The average molecular weight is 263 g/mol. The van der Waals surface area contributed by atoms with Gasteiger partial charge >= 0.3 is 6.09 Å². The zero-order valence-electron chi connectivity index (χ0n) is 11.4. The van der Waals surface area contributed by atoms with Crippen molar-refractivity contribution in [2.45, 2.75) is 26.4 Å². The minimum atomic E-state index is -0.490. The number of hydrogen-bond acceptors (Lipinski definition) is 2. The maximum Gasteiger partial charge on any atom is 0.410 e. The molecule has 0 unspecified atom stereocenters. The van der Waals surface area contributed by atoms with E-state index in [-0.39, 0.29) is 11.9 Å². The van der Waals surface area contributed by atoms with Crippen molar-refractivity contribution >= 4 is 11.7 Å². The van der Waals surface area contributed by atoms with E-state index in [4.69, 9.17) is 4.74 Å². The van der Waals surface area contributed by atoms with E-state index in [0.29, 0.717) is 13.1 Å². The first-order chi connectivity index (χ1) is 8.85. The molecule has 0 aliphatic carbocycles. The molecule has 1 amide bonds. The standard InChI is InChI=1S/C15H18FNO2/c1-15(2,3)19-14(18)17-9-8-12(10-17)11-4-6-13(16)7-5-11/h4-8H,9-10H2,1-3H3. The Balaban J connectivity index is 1.99. The van der Waals surface area contributed by atoms with Gasteiger partial charge in [0.05, 0.1) is 0 Å². The van der Waals surface area contributed by atoms with Gasteiger partial charge in [-0.3, -0.25) is 0 Å². The van der Waals surface area contributed by atoms with Gasteiger partial charge in [0.2, 0.25) is 0 Å². The predicted molar refractivity (Wildman–Crippen MR) is 72.2 cm³/mol. The summed E-state index contributed by atoms with van der Waals surface area (Å²) in [7, 11) is 0. The summed E-state index contributed by atoms with van der Waals surface area (Å²) in [6, 6.07) is 6.29. The van der Waals surface area contributed by atoms with Crippen LogP contribution in [0.4, 0.5) is 9.18 Å². The van der Waals surface area contributed by atoms with Crippen LogP contribution in [-0.4, -0.2) is 29.7 Å². The van der Waals surface area contributed by atoms with Crippen molar-refractivity contribution in [3.63, 3.8) is 0 Å². The van der Waals surface area contributed by atoms with Crippen molar-refractivity contribution in [3.8, 4) is 0 Å². The molecule has 0 N–H and O–H groups in total. The van der Waals surface area contributed by atoms with Crippen LogP contribution in [0.3, 0.4) is 0 Å². The van der Waals surface area contributed by atoms with Gasteiger partial charge in [0, 0.05) is 13.1 Å². The van der Waals surface area contributed by atoms with Gasteiger partial charge in [-0.25, -0.2) is 9.18 Å². The molecule has 1 heterocycles. The molecule has 0 fully saturated rings. The molecule has 1 aliphatic heterocycles. The van der Waals surface area contributed by atoms with E-state index < -0.39 is 5.60 Å². The second kappa shape index (κ2) is 5.03. The van der Waals surface area contributed by atoms with E-state index in [1.165, 1.54) is 12.1 Å². The highest BCUT2D eigenvalue weighted by Gasteiger charge is 2.25. The molecule has 0 saturated carbocycles. The van der Waals surface area contributed by atoms with Crippen molar-refractivity contribution in [2.24, 2.45) is 0 Å². The Morgan fingerprint density at radius 1 is 1.26 bits per heavy atom. The maximum absolute atomic E-state index is 12.9. The largest absolute Gasteiger partial charge is 0.444 e. The zero-order chi connectivity index (χ0) is 14.0. The van der Waals surface area contributed by atoms with Gasteiger partial charge in [-0.15, -0.1) is 0 Å². The molecule has 3 nitrogen and oxygen atoms in total. The third-order valence-electron chi connectivity index (χ3n) is 2.79. The summed E-state index contributed by atoms with van der Waals surface area (Å²) in [4.78, 5) is 13.5. The second-order valence-corrected chi connectivity index (χ2v) is 5.60. The number of nitrogens with zero attached hydrogens (tertiary/aromatic N) is 1. The van der Waals surface area contributed by atoms with Gasteiger partial charge in [0.15, 0.2) is 0 Å². The van der Waals surface area contributed by atoms with Gasteiger partial charge in [0.1, 0.15) is 11.4 Å². The number of carbonyl (C=O) groups excluding carboxylic acids is 1. The summed E-state index contributed by atoms with van der Waals surface area (Å²) in [5.74, 6) is -0.258. The van der Waals surface area contributed by atoms with E-state index in [2.05, 4.69) is 0 Å². The van der Waals surface area contributed by atoms with E-state index in [1.807, 2.05) is 26.8 Å². The number of halogens is 1. The molecule has 0 atom stereocenters. The first kappa shape index (κ1) is 13.6. The Labute approximate surface area is 112 Å². The van der Waals surface area contributed by atoms with Crippen LogP contribution in [0.5, 0.6) is 0 Å². The second-order valence-electron chi connectivity index (χ2n) is 5.60. The fourth-order valence-electron chi connectivity index (χ4n) is 1.89. The molecule has 1 aromatic carbocycles. The molecular weight excluding hydrogens is 245 g/mol. The third-order valence-corrected chi connectivity index (χ3v) is 2.79. The molecule has 2 rings (SSSR count). The van der Waals surface area contributed by atoms with Crippen LogP contribution in [0.15, 0.2) is 30.3 Å². The number of ether oxygens (including phenoxy) is 1. The van der Waals surface area contributed by atoms with Crippen LogP contribution in [0.2, 0.25) is 0 Å². The minimum absolute atomic E-state index is 0.258. The van der Waals surface area contributed by atoms with Crippen LogP contribution in [-0.2, 0) is 4.74 Å². The Hall–Kier alpha value is -1.84. The number of hydrogen-bond donors (Lipinski definition) is 0. The zero-order valence-corrected chi connectivity index (χ0v) is 11.4. The molecule has 19 heavy (non-hydrogen) atoms. The number of carbonyl (C=O) groups is 1. The molecule has 102 valence electrons. The van der Waals surface area contributed by atoms with E-state index in [9.17, 15) is 9.18 Å². The van der Waals surface area contributed by atoms with E-state index in [1.54, 1.807) is 17.0 Å². The fraction of sp³-hybridized carbons (Fsp3) is 0.400. The first-order valence-corrected chi connectivity index (χ1v) is 6.28. The smallest absolute Gasteiger partial charge is 0.410 e. The van der Waals surface area contributed by atoms with Gasteiger partial charge in [-0.05, 0) is 44.0 Å². The van der Waals surface area contributed by atoms with Crippen molar-refractivity contribution in [2.75, 3.05) is 13.1 Å². The highest BCUT2D eigenvalue weighted by molar-refractivity contribution is 5.77. The lowest BCUT2D eigenvalue weighted by atomic mass is 10.1. The highest BCUT2D eigenvalue weighted by atomic mass is 19.1. The lowest BCUT2D eigenvalue weighted by molar-refractivity contribution is 0.0306. The van der Waals surface area contributed by atoms with Crippen molar-refractivity contribution < 1.29 is 13.9 Å². The highest BCUT2D eigenvalue weighted by Crippen LogP contribution is 2.22. The van der Waals surface area contributed by atoms with Crippen molar-refractivity contribution in [1.29, 1.82) is 0 Å². The van der Waals surface area contributed by atoms with Crippen molar-refractivity contribution in [1.82, 2.24) is 4.90 Å². The van der Waals surface area contributed by atoms with Gasteiger partial charge in [0.25, 0.3) is 0 Å². The lowest BCUT2D eigenvalue weighted by Gasteiger charge is -2.24. The summed E-state index contributed by atoms with van der Waals surface area (Å²) in [5, 5.41) is 0. The molecule has 4 heteroatoms. The third kappa shape index (κ3) is 3.56. The molecule has 0 spiro atoms. The molecule has 0 radical (unpaired) electrons. The molecule has 0 saturated heterocycles. The van der Waals surface area contributed by atoms with Crippen LogP contribution in [0.25, 0.3) is 5.57 Å². The SMILES string of the molecule is CC(C)(C)OC(=O)N1CC=C(c2ccc(F)cc2)C1. The average Bonchev–Trinajstić information content (AvgIpc) is 2.77. The molecule has 1 aliphatic rings. The monoisotopic (exact) mass is 263 g/mol. The Morgan fingerprint density at radius 3 is 2.47 bits per heavy atom. The Kier molecular flexibility index (Phi) is 3.60. The van der Waals surface area contributed by atoms with Crippen molar-refractivity contribution in [3.05, 3.63) is 41.7 Å². The Bertz CT molecular complexity index is 500. The summed E-state index contributed by atoms with van der Waals surface area (Å²) in [6.07, 6.45) is 1.65. The number of amides is 1. The first-order valence-electron chi connectivity index (χ1n) is 6.28. The molecular formula is C15H18FNO2. The number of benzene rings is 1. The van der Waals surface area contributed by atoms with Crippen LogP contribution in [0, 0.1) is 5.82 Å². The predicted octanol–water partition coefficient (Wildman–Crippen LogP) is 3.46. The van der Waals surface area contributed by atoms with E-state index >= 15 is 0 Å². The fourth-order valence-corrected chi connectivity index (χ4v) is 1.89. The van der Waals surface area contributed by atoms with Gasteiger partial charge in [-0.1, -0.05) is 18.2 Å². The number of rotatable bonds is 1. The lowest BCUT2D eigenvalue weighted by Crippen LogP contribution is -2.35. The summed E-state index contributed by atoms with van der Waals surface area (Å²) in [6.45, 7) is 6.56. The van der Waals surface area contributed by atoms with E-state index in [0.717, 1.165) is 11.1 Å². The molecule has 0 aromatic heterocycles. The summed E-state index contributed by atoms with van der Waals surface area (Å²) < 4.78 is 18.2. The van der Waals surface area contributed by atoms with Gasteiger partial charge < -0.3 is 9.64 Å². The minimum Gasteiger partial charge on any atom is -0.444 e.